The summed E-state index contributed by atoms with van der Waals surface area (Å²) < 4.78 is 21.0. The molecule has 108 valence electrons. The topological polar surface area (TPSA) is 42.2 Å². The Bertz CT molecular complexity index is 584. The van der Waals surface area contributed by atoms with E-state index >= 15 is 0 Å². The minimum Gasteiger partial charge on any atom is -0.464 e. The van der Waals surface area contributed by atoms with Gasteiger partial charge in [-0.25, -0.2) is 8.93 Å². The molecule has 20 heavy (non-hydrogen) atoms. The Balaban J connectivity index is 2.33. The number of aryl methyl sites for hydroxylation is 1. The summed E-state index contributed by atoms with van der Waals surface area (Å²) in [5.41, 5.74) is 1.04. The third-order valence-corrected chi connectivity index (χ3v) is 4.52. The second-order valence-corrected chi connectivity index (χ2v) is 7.79. The molecule has 0 aliphatic heterocycles. The van der Waals surface area contributed by atoms with Crippen LogP contribution in [0.1, 0.15) is 43.9 Å². The standard InChI is InChI=1S/C16H21NO2S/c1-12-10-11-14(19-12)15(13-8-6-5-7-9-13)17-20(18)16(2,3)4/h5-11,15,17H,1-4H3/t15-,20+/m0/s1. The fraction of sp³-hybridized carbons (Fsp3) is 0.375. The second kappa shape index (κ2) is 5.94. The first-order chi connectivity index (χ1) is 9.38. The van der Waals surface area contributed by atoms with E-state index in [1.807, 2.05) is 70.2 Å². The van der Waals surface area contributed by atoms with Crippen molar-refractivity contribution < 1.29 is 8.63 Å². The lowest BCUT2D eigenvalue weighted by Crippen LogP contribution is -2.36. The zero-order valence-electron chi connectivity index (χ0n) is 12.3. The van der Waals surface area contributed by atoms with Crippen LogP contribution in [0.4, 0.5) is 0 Å². The minimum atomic E-state index is -1.17. The largest absolute Gasteiger partial charge is 0.464 e. The highest BCUT2D eigenvalue weighted by atomic mass is 32.2. The molecule has 0 fully saturated rings. The van der Waals surface area contributed by atoms with Gasteiger partial charge in [0.05, 0.1) is 15.7 Å². The third kappa shape index (κ3) is 3.58. The summed E-state index contributed by atoms with van der Waals surface area (Å²) in [6, 6.07) is 13.6. The van der Waals surface area contributed by atoms with Gasteiger partial charge in [-0.2, -0.15) is 0 Å². The molecule has 0 bridgehead atoms. The number of hydrogen-bond donors (Lipinski definition) is 1. The van der Waals surface area contributed by atoms with Crippen molar-refractivity contribution in [3.8, 4) is 0 Å². The molecule has 0 unspecified atom stereocenters. The maximum Gasteiger partial charge on any atom is 0.126 e. The summed E-state index contributed by atoms with van der Waals surface area (Å²) in [6.07, 6.45) is 0. The first kappa shape index (κ1) is 15.0. The van der Waals surface area contributed by atoms with Crippen LogP contribution in [0.25, 0.3) is 0 Å². The zero-order chi connectivity index (χ0) is 14.8. The highest BCUT2D eigenvalue weighted by Gasteiger charge is 2.26. The van der Waals surface area contributed by atoms with Crippen LogP contribution < -0.4 is 4.72 Å². The van der Waals surface area contributed by atoms with Crippen molar-refractivity contribution in [3.63, 3.8) is 0 Å². The lowest BCUT2D eigenvalue weighted by Gasteiger charge is -2.23. The fourth-order valence-corrected chi connectivity index (χ4v) is 2.65. The molecule has 1 heterocycles. The number of hydrogen-bond acceptors (Lipinski definition) is 2. The lowest BCUT2D eigenvalue weighted by atomic mass is 10.1. The molecular formula is C16H21NO2S. The molecule has 0 radical (unpaired) electrons. The molecule has 3 nitrogen and oxygen atoms in total. The van der Waals surface area contributed by atoms with Crippen molar-refractivity contribution in [2.75, 3.05) is 0 Å². The molecule has 0 saturated carbocycles. The van der Waals surface area contributed by atoms with Gasteiger partial charge in [-0.15, -0.1) is 0 Å². The molecule has 0 saturated heterocycles. The second-order valence-electron chi connectivity index (χ2n) is 5.79. The van der Waals surface area contributed by atoms with E-state index in [1.165, 1.54) is 0 Å². The van der Waals surface area contributed by atoms with Crippen LogP contribution in [0.2, 0.25) is 0 Å². The molecule has 2 aromatic rings. The summed E-state index contributed by atoms with van der Waals surface area (Å²) >= 11 is 0. The Morgan fingerprint density at radius 1 is 1.10 bits per heavy atom. The average Bonchev–Trinajstić information content (AvgIpc) is 2.82. The third-order valence-electron chi connectivity index (χ3n) is 2.96. The number of rotatable bonds is 4. The first-order valence-electron chi connectivity index (χ1n) is 6.67. The van der Waals surface area contributed by atoms with Gasteiger partial charge in [0.15, 0.2) is 0 Å². The Morgan fingerprint density at radius 3 is 2.25 bits per heavy atom. The minimum absolute atomic E-state index is 0.204. The van der Waals surface area contributed by atoms with Crippen LogP contribution in [-0.4, -0.2) is 8.96 Å². The Labute approximate surface area is 123 Å². The first-order valence-corrected chi connectivity index (χ1v) is 7.82. The monoisotopic (exact) mass is 291 g/mol. The van der Waals surface area contributed by atoms with E-state index in [2.05, 4.69) is 4.72 Å². The normalized spacial score (nSPS) is 15.0. The molecular weight excluding hydrogens is 270 g/mol. The van der Waals surface area contributed by atoms with Gasteiger partial charge in [0.1, 0.15) is 17.6 Å². The van der Waals surface area contributed by atoms with Gasteiger partial charge >= 0.3 is 0 Å². The van der Waals surface area contributed by atoms with Crippen molar-refractivity contribution in [2.24, 2.45) is 0 Å². The highest BCUT2D eigenvalue weighted by Crippen LogP contribution is 2.25. The van der Waals surface area contributed by atoms with Gasteiger partial charge in [-0.3, -0.25) is 0 Å². The van der Waals surface area contributed by atoms with Crippen LogP contribution in [0.5, 0.6) is 0 Å². The van der Waals surface area contributed by atoms with Crippen molar-refractivity contribution in [2.45, 2.75) is 38.5 Å². The molecule has 2 atom stereocenters. The molecule has 2 rings (SSSR count). The molecule has 0 spiro atoms. The van der Waals surface area contributed by atoms with Gasteiger partial charge in [0, 0.05) is 0 Å². The molecule has 1 aromatic heterocycles. The number of nitrogens with one attached hydrogen (secondary N) is 1. The predicted molar refractivity (Wildman–Crippen MR) is 82.8 cm³/mol. The van der Waals surface area contributed by atoms with E-state index in [0.29, 0.717) is 0 Å². The van der Waals surface area contributed by atoms with Crippen molar-refractivity contribution in [3.05, 3.63) is 59.5 Å². The van der Waals surface area contributed by atoms with Gasteiger partial charge in [0.2, 0.25) is 0 Å². The summed E-state index contributed by atoms with van der Waals surface area (Å²) in [6.45, 7) is 7.76. The summed E-state index contributed by atoms with van der Waals surface area (Å²) in [5, 5.41) is 0. The SMILES string of the molecule is Cc1ccc([C@@H](N[S@](=O)C(C)(C)C)c2ccccc2)o1. The Kier molecular flexibility index (Phi) is 4.45. The highest BCUT2D eigenvalue weighted by molar-refractivity contribution is 7.84. The zero-order valence-corrected chi connectivity index (χ0v) is 13.2. The smallest absolute Gasteiger partial charge is 0.126 e. The fourth-order valence-electron chi connectivity index (χ4n) is 1.83. The number of benzene rings is 1. The molecule has 0 aliphatic rings. The summed E-state index contributed by atoms with van der Waals surface area (Å²) in [4.78, 5) is 0. The lowest BCUT2D eigenvalue weighted by molar-refractivity contribution is 0.455. The van der Waals surface area contributed by atoms with E-state index in [0.717, 1.165) is 17.1 Å². The quantitative estimate of drug-likeness (QED) is 0.932. The van der Waals surface area contributed by atoms with E-state index in [1.54, 1.807) is 0 Å². The van der Waals surface area contributed by atoms with Crippen molar-refractivity contribution in [1.82, 2.24) is 4.72 Å². The molecule has 0 amide bonds. The van der Waals surface area contributed by atoms with E-state index in [4.69, 9.17) is 4.42 Å². The number of furan rings is 1. The average molecular weight is 291 g/mol. The molecule has 0 aliphatic carbocycles. The van der Waals surface area contributed by atoms with Crippen LogP contribution >= 0.6 is 0 Å². The van der Waals surface area contributed by atoms with Gasteiger partial charge in [-0.05, 0) is 45.4 Å². The molecule has 1 N–H and O–H groups in total. The van der Waals surface area contributed by atoms with Crippen LogP contribution in [0.15, 0.2) is 46.9 Å². The van der Waals surface area contributed by atoms with Crippen LogP contribution in [0, 0.1) is 6.92 Å². The van der Waals surface area contributed by atoms with Crippen molar-refractivity contribution in [1.29, 1.82) is 0 Å². The van der Waals surface area contributed by atoms with Crippen LogP contribution in [0.3, 0.4) is 0 Å². The molecule has 1 aromatic carbocycles. The van der Waals surface area contributed by atoms with E-state index in [-0.39, 0.29) is 10.8 Å². The van der Waals surface area contributed by atoms with Gasteiger partial charge in [0.25, 0.3) is 0 Å². The van der Waals surface area contributed by atoms with Gasteiger partial charge < -0.3 is 4.42 Å². The van der Waals surface area contributed by atoms with Crippen LogP contribution in [-0.2, 0) is 11.0 Å². The van der Waals surface area contributed by atoms with Gasteiger partial charge in [-0.1, -0.05) is 30.3 Å². The summed E-state index contributed by atoms with van der Waals surface area (Å²) in [7, 11) is -1.17. The van der Waals surface area contributed by atoms with E-state index in [9.17, 15) is 4.21 Å². The predicted octanol–water partition coefficient (Wildman–Crippen LogP) is 3.73. The van der Waals surface area contributed by atoms with E-state index < -0.39 is 11.0 Å². The summed E-state index contributed by atoms with van der Waals surface area (Å²) in [5.74, 6) is 1.63. The molecule has 4 heteroatoms. The Morgan fingerprint density at radius 2 is 1.75 bits per heavy atom. The maximum atomic E-state index is 12.4. The van der Waals surface area contributed by atoms with Crippen molar-refractivity contribution >= 4 is 11.0 Å². The maximum absolute atomic E-state index is 12.4. The Hall–Kier alpha value is -1.39.